The van der Waals surface area contributed by atoms with Gasteiger partial charge in [0.05, 0.1) is 18.6 Å². The molecule has 0 spiro atoms. The zero-order valence-electron chi connectivity index (χ0n) is 20.7. The van der Waals surface area contributed by atoms with Gasteiger partial charge in [-0.05, 0) is 69.2 Å². The molecule has 2 aromatic rings. The number of hydrogen-bond acceptors (Lipinski definition) is 5. The van der Waals surface area contributed by atoms with Crippen LogP contribution >= 0.6 is 11.6 Å². The molecule has 0 radical (unpaired) electrons. The molecule has 2 aromatic carbocycles. The molecule has 1 atom stereocenters. The molecule has 2 rings (SSSR count). The van der Waals surface area contributed by atoms with Gasteiger partial charge in [0.1, 0.15) is 11.8 Å². The highest BCUT2D eigenvalue weighted by Gasteiger charge is 2.26. The first-order valence-corrected chi connectivity index (χ1v) is 13.8. The first-order chi connectivity index (χ1) is 16.6. The Morgan fingerprint density at radius 1 is 1.11 bits per heavy atom. The molecule has 0 fully saturated rings. The van der Waals surface area contributed by atoms with Crippen molar-refractivity contribution in [1.29, 1.82) is 0 Å². The summed E-state index contributed by atoms with van der Waals surface area (Å²) in [5.41, 5.74) is 1.30. The van der Waals surface area contributed by atoms with Gasteiger partial charge in [0, 0.05) is 31.1 Å². The Labute approximate surface area is 213 Å². The molecule has 1 N–H and O–H groups in total. The number of nitrogens with one attached hydrogen (secondary N) is 1. The van der Waals surface area contributed by atoms with Crippen molar-refractivity contribution >= 4 is 39.1 Å². The van der Waals surface area contributed by atoms with Crippen molar-refractivity contribution in [2.24, 2.45) is 0 Å². The number of sulfonamides is 1. The highest BCUT2D eigenvalue weighted by atomic mass is 35.5. The topological polar surface area (TPSA) is 96.0 Å². The maximum Gasteiger partial charge on any atom is 0.242 e. The van der Waals surface area contributed by atoms with Crippen LogP contribution in [0.5, 0.6) is 5.75 Å². The van der Waals surface area contributed by atoms with E-state index < -0.39 is 16.1 Å². The molecular formula is C25H34ClN3O5S. The molecule has 0 heterocycles. The Bertz CT molecular complexity index is 1090. The highest BCUT2D eigenvalue weighted by Crippen LogP contribution is 2.23. The number of rotatable bonds is 13. The fourth-order valence-electron chi connectivity index (χ4n) is 3.62. The summed E-state index contributed by atoms with van der Waals surface area (Å²) in [5, 5.41) is 3.29. The van der Waals surface area contributed by atoms with E-state index in [2.05, 4.69) is 5.32 Å². The summed E-state index contributed by atoms with van der Waals surface area (Å²) in [7, 11) is -3.56. The van der Waals surface area contributed by atoms with E-state index in [9.17, 15) is 18.0 Å². The van der Waals surface area contributed by atoms with E-state index in [1.807, 2.05) is 19.9 Å². The minimum Gasteiger partial charge on any atom is -0.494 e. The lowest BCUT2D eigenvalue weighted by Crippen LogP contribution is -2.47. The molecule has 0 aliphatic carbocycles. The van der Waals surface area contributed by atoms with Crippen LogP contribution < -0.4 is 14.4 Å². The van der Waals surface area contributed by atoms with Crippen LogP contribution in [0.15, 0.2) is 48.5 Å². The van der Waals surface area contributed by atoms with Crippen LogP contribution in [-0.4, -0.2) is 57.1 Å². The summed E-state index contributed by atoms with van der Waals surface area (Å²) in [5.74, 6) is 0.148. The minimum atomic E-state index is -3.56. The van der Waals surface area contributed by atoms with Crippen LogP contribution in [0, 0.1) is 0 Å². The third-order valence-electron chi connectivity index (χ3n) is 5.35. The van der Waals surface area contributed by atoms with Gasteiger partial charge >= 0.3 is 0 Å². The molecule has 192 valence electrons. The average Bonchev–Trinajstić information content (AvgIpc) is 2.80. The van der Waals surface area contributed by atoms with E-state index in [4.69, 9.17) is 16.3 Å². The molecule has 0 aliphatic heterocycles. The molecule has 0 aliphatic rings. The smallest absolute Gasteiger partial charge is 0.242 e. The number of likely N-dealkylation sites (N-methyl/N-ethyl adjacent to an activating group) is 1. The summed E-state index contributed by atoms with van der Waals surface area (Å²) < 4.78 is 31.5. The van der Waals surface area contributed by atoms with E-state index >= 15 is 0 Å². The van der Waals surface area contributed by atoms with Crippen LogP contribution in [0.4, 0.5) is 5.69 Å². The van der Waals surface area contributed by atoms with Gasteiger partial charge in [-0.2, -0.15) is 0 Å². The number of carbonyl (C=O) groups excluding carboxylic acids is 2. The van der Waals surface area contributed by atoms with Gasteiger partial charge in [0.25, 0.3) is 0 Å². The average molecular weight is 524 g/mol. The molecule has 0 bridgehead atoms. The zero-order chi connectivity index (χ0) is 26.0. The molecule has 0 saturated heterocycles. The van der Waals surface area contributed by atoms with Crippen molar-refractivity contribution in [2.75, 3.05) is 30.3 Å². The van der Waals surface area contributed by atoms with Gasteiger partial charge in [0.2, 0.25) is 21.8 Å². The molecule has 8 nitrogen and oxygen atoms in total. The van der Waals surface area contributed by atoms with Crippen molar-refractivity contribution < 1.29 is 22.7 Å². The number of hydrogen-bond donors (Lipinski definition) is 1. The minimum absolute atomic E-state index is 0.0767. The number of halogens is 1. The SMILES string of the molecule is CCNC(=O)C(C)N(Cc1cccc(Cl)c1)C(=O)CCCN(c1ccc(OCC)cc1)S(C)(=O)=O. The van der Waals surface area contributed by atoms with Gasteiger partial charge in [-0.15, -0.1) is 0 Å². The lowest BCUT2D eigenvalue weighted by Gasteiger charge is -2.29. The Balaban J connectivity index is 2.14. The number of benzene rings is 2. The molecular weight excluding hydrogens is 490 g/mol. The maximum atomic E-state index is 13.2. The Kier molecular flexibility index (Phi) is 10.9. The largest absolute Gasteiger partial charge is 0.494 e. The van der Waals surface area contributed by atoms with E-state index in [0.29, 0.717) is 29.6 Å². The van der Waals surface area contributed by atoms with E-state index in [1.165, 1.54) is 9.21 Å². The molecule has 2 amide bonds. The second-order valence-electron chi connectivity index (χ2n) is 8.09. The number of nitrogens with zero attached hydrogens (tertiary/aromatic N) is 2. The fourth-order valence-corrected chi connectivity index (χ4v) is 4.79. The molecule has 10 heteroatoms. The monoisotopic (exact) mass is 523 g/mol. The van der Waals surface area contributed by atoms with Gasteiger partial charge in [-0.1, -0.05) is 23.7 Å². The molecule has 1 unspecified atom stereocenters. The van der Waals surface area contributed by atoms with Gasteiger partial charge in [-0.25, -0.2) is 8.42 Å². The summed E-state index contributed by atoms with van der Waals surface area (Å²) in [6, 6.07) is 13.2. The number of ether oxygens (including phenoxy) is 1. The highest BCUT2D eigenvalue weighted by molar-refractivity contribution is 7.92. The fraction of sp³-hybridized carbons (Fsp3) is 0.440. The normalized spacial score (nSPS) is 12.0. The second-order valence-corrected chi connectivity index (χ2v) is 10.4. The third kappa shape index (κ3) is 8.74. The van der Waals surface area contributed by atoms with Crippen molar-refractivity contribution in [2.45, 2.75) is 46.2 Å². The van der Waals surface area contributed by atoms with Gasteiger partial charge < -0.3 is 15.0 Å². The maximum absolute atomic E-state index is 13.2. The van der Waals surface area contributed by atoms with Crippen molar-refractivity contribution in [3.63, 3.8) is 0 Å². The van der Waals surface area contributed by atoms with Crippen LogP contribution in [-0.2, 0) is 26.2 Å². The summed E-state index contributed by atoms with van der Waals surface area (Å²) in [4.78, 5) is 27.2. The molecule has 0 aromatic heterocycles. The molecule has 0 saturated carbocycles. The van der Waals surface area contributed by atoms with Gasteiger partial charge in [0.15, 0.2) is 0 Å². The quantitative estimate of drug-likeness (QED) is 0.430. The van der Waals surface area contributed by atoms with E-state index in [-0.39, 0.29) is 37.7 Å². The Morgan fingerprint density at radius 2 is 1.80 bits per heavy atom. The Hall–Kier alpha value is -2.78. The predicted molar refractivity (Wildman–Crippen MR) is 139 cm³/mol. The van der Waals surface area contributed by atoms with Gasteiger partial charge in [-0.3, -0.25) is 13.9 Å². The van der Waals surface area contributed by atoms with Crippen molar-refractivity contribution in [3.8, 4) is 5.75 Å². The van der Waals surface area contributed by atoms with E-state index in [0.717, 1.165) is 11.8 Å². The van der Waals surface area contributed by atoms with Crippen LogP contribution in [0.3, 0.4) is 0 Å². The third-order valence-corrected chi connectivity index (χ3v) is 6.78. The lowest BCUT2D eigenvalue weighted by molar-refractivity contribution is -0.140. The van der Waals surface area contributed by atoms with Crippen LogP contribution in [0.25, 0.3) is 0 Å². The predicted octanol–water partition coefficient (Wildman–Crippen LogP) is 3.84. The lowest BCUT2D eigenvalue weighted by atomic mass is 10.1. The first kappa shape index (κ1) is 28.5. The standard InChI is InChI=1S/C25H34ClN3O5S/c1-5-27-25(31)19(3)28(18-20-9-7-10-21(26)17-20)24(30)11-8-16-29(35(4,32)33)22-12-14-23(15-13-22)34-6-2/h7,9-10,12-15,17,19H,5-6,8,11,16,18H2,1-4H3,(H,27,31). The summed E-state index contributed by atoms with van der Waals surface area (Å²) in [6.07, 6.45) is 1.49. The number of anilines is 1. The van der Waals surface area contributed by atoms with E-state index in [1.54, 1.807) is 49.4 Å². The number of carbonyl (C=O) groups is 2. The molecule has 35 heavy (non-hydrogen) atoms. The second kappa shape index (κ2) is 13.3. The zero-order valence-corrected chi connectivity index (χ0v) is 22.2. The summed E-state index contributed by atoms with van der Waals surface area (Å²) in [6.45, 7) is 6.66. The number of amides is 2. The van der Waals surface area contributed by atoms with Crippen LogP contribution in [0.1, 0.15) is 39.2 Å². The van der Waals surface area contributed by atoms with Crippen molar-refractivity contribution in [1.82, 2.24) is 10.2 Å². The first-order valence-electron chi connectivity index (χ1n) is 11.6. The summed E-state index contributed by atoms with van der Waals surface area (Å²) >= 11 is 6.09. The van der Waals surface area contributed by atoms with Crippen LogP contribution in [0.2, 0.25) is 5.02 Å². The van der Waals surface area contributed by atoms with Crippen molar-refractivity contribution in [3.05, 3.63) is 59.1 Å². The Morgan fingerprint density at radius 3 is 2.37 bits per heavy atom.